The first kappa shape index (κ1) is 16.8. The van der Waals surface area contributed by atoms with Crippen molar-refractivity contribution in [3.8, 4) is 0 Å². The molecule has 0 saturated heterocycles. The molecule has 1 amide bonds. The molecule has 0 aromatic heterocycles. The van der Waals surface area contributed by atoms with Gasteiger partial charge in [0.25, 0.3) is 0 Å². The summed E-state index contributed by atoms with van der Waals surface area (Å²) in [5, 5.41) is 6.35. The van der Waals surface area contributed by atoms with E-state index in [2.05, 4.69) is 28.8 Å². The highest BCUT2D eigenvalue weighted by Crippen LogP contribution is 2.19. The lowest BCUT2D eigenvalue weighted by Gasteiger charge is -2.12. The van der Waals surface area contributed by atoms with E-state index in [0.717, 1.165) is 32.5 Å². The molecule has 0 bridgehead atoms. The van der Waals surface area contributed by atoms with E-state index < -0.39 is 0 Å². The SMILES string of the molecule is O=C(CCNCCC1=CCCCC1)NCCc1ccccc1. The van der Waals surface area contributed by atoms with E-state index in [1.54, 1.807) is 5.57 Å². The van der Waals surface area contributed by atoms with Gasteiger partial charge in [0.1, 0.15) is 0 Å². The number of hydrogen-bond donors (Lipinski definition) is 2. The first-order valence-electron chi connectivity index (χ1n) is 8.54. The van der Waals surface area contributed by atoms with E-state index in [1.807, 2.05) is 18.2 Å². The van der Waals surface area contributed by atoms with Gasteiger partial charge in [-0.3, -0.25) is 4.79 Å². The van der Waals surface area contributed by atoms with Gasteiger partial charge in [0, 0.05) is 19.5 Å². The Morgan fingerprint density at radius 3 is 2.64 bits per heavy atom. The normalized spacial score (nSPS) is 14.5. The largest absolute Gasteiger partial charge is 0.356 e. The van der Waals surface area contributed by atoms with Gasteiger partial charge in [-0.15, -0.1) is 0 Å². The maximum atomic E-state index is 11.7. The summed E-state index contributed by atoms with van der Waals surface area (Å²) >= 11 is 0. The average Bonchev–Trinajstić information content (AvgIpc) is 2.56. The smallest absolute Gasteiger partial charge is 0.221 e. The molecule has 0 aliphatic heterocycles. The van der Waals surface area contributed by atoms with Crippen LogP contribution >= 0.6 is 0 Å². The van der Waals surface area contributed by atoms with Crippen LogP contribution in [-0.2, 0) is 11.2 Å². The monoisotopic (exact) mass is 300 g/mol. The molecule has 0 saturated carbocycles. The summed E-state index contributed by atoms with van der Waals surface area (Å²) in [5.41, 5.74) is 2.85. The highest BCUT2D eigenvalue weighted by atomic mass is 16.1. The molecule has 1 aliphatic carbocycles. The minimum atomic E-state index is 0.139. The van der Waals surface area contributed by atoms with Crippen molar-refractivity contribution in [1.82, 2.24) is 10.6 Å². The van der Waals surface area contributed by atoms with E-state index in [-0.39, 0.29) is 5.91 Å². The second-order valence-electron chi connectivity index (χ2n) is 5.94. The third-order valence-electron chi connectivity index (χ3n) is 4.12. The first-order valence-corrected chi connectivity index (χ1v) is 8.54. The second-order valence-corrected chi connectivity index (χ2v) is 5.94. The van der Waals surface area contributed by atoms with Gasteiger partial charge in [-0.2, -0.15) is 0 Å². The predicted molar refractivity (Wildman–Crippen MR) is 91.8 cm³/mol. The quantitative estimate of drug-likeness (QED) is 0.543. The van der Waals surface area contributed by atoms with Crippen LogP contribution in [0.25, 0.3) is 0 Å². The Morgan fingerprint density at radius 1 is 1.00 bits per heavy atom. The van der Waals surface area contributed by atoms with Gasteiger partial charge in [-0.25, -0.2) is 0 Å². The Morgan fingerprint density at radius 2 is 1.86 bits per heavy atom. The average molecular weight is 300 g/mol. The summed E-state index contributed by atoms with van der Waals surface area (Å²) in [6, 6.07) is 10.3. The molecule has 3 heteroatoms. The summed E-state index contributed by atoms with van der Waals surface area (Å²) in [6.45, 7) is 2.48. The third-order valence-corrected chi connectivity index (χ3v) is 4.12. The Bertz CT molecular complexity index is 468. The molecule has 0 unspecified atom stereocenters. The van der Waals surface area contributed by atoms with Crippen LogP contribution in [0.5, 0.6) is 0 Å². The summed E-state index contributed by atoms with van der Waals surface area (Å²) < 4.78 is 0. The van der Waals surface area contributed by atoms with Crippen molar-refractivity contribution in [3.63, 3.8) is 0 Å². The predicted octanol–water partition coefficient (Wildman–Crippen LogP) is 3.22. The van der Waals surface area contributed by atoms with Crippen molar-refractivity contribution >= 4 is 5.91 Å². The number of rotatable bonds is 9. The van der Waals surface area contributed by atoms with Crippen molar-refractivity contribution < 1.29 is 4.79 Å². The summed E-state index contributed by atoms with van der Waals surface area (Å²) in [5.74, 6) is 0.139. The van der Waals surface area contributed by atoms with E-state index in [1.165, 1.54) is 31.2 Å². The summed E-state index contributed by atoms with van der Waals surface area (Å²) in [4.78, 5) is 11.7. The van der Waals surface area contributed by atoms with Crippen LogP contribution in [0, 0.1) is 0 Å². The molecule has 0 radical (unpaired) electrons. The molecule has 22 heavy (non-hydrogen) atoms. The van der Waals surface area contributed by atoms with Gasteiger partial charge >= 0.3 is 0 Å². The van der Waals surface area contributed by atoms with Crippen LogP contribution in [-0.4, -0.2) is 25.5 Å². The Kier molecular flexibility index (Phi) is 7.75. The van der Waals surface area contributed by atoms with Crippen LogP contribution in [0.1, 0.15) is 44.1 Å². The molecular formula is C19H28N2O. The maximum absolute atomic E-state index is 11.7. The lowest BCUT2D eigenvalue weighted by atomic mass is 9.97. The number of nitrogens with one attached hydrogen (secondary N) is 2. The van der Waals surface area contributed by atoms with Crippen LogP contribution in [0.4, 0.5) is 0 Å². The molecule has 1 aromatic rings. The zero-order valence-corrected chi connectivity index (χ0v) is 13.4. The van der Waals surface area contributed by atoms with Crippen molar-refractivity contribution in [2.24, 2.45) is 0 Å². The lowest BCUT2D eigenvalue weighted by molar-refractivity contribution is -0.120. The van der Waals surface area contributed by atoms with Crippen molar-refractivity contribution in [1.29, 1.82) is 0 Å². The Labute approximate surface area is 134 Å². The first-order chi connectivity index (χ1) is 10.8. The van der Waals surface area contributed by atoms with E-state index in [0.29, 0.717) is 6.42 Å². The molecule has 2 N–H and O–H groups in total. The third kappa shape index (κ3) is 6.90. The lowest BCUT2D eigenvalue weighted by Crippen LogP contribution is -2.29. The van der Waals surface area contributed by atoms with Crippen molar-refractivity contribution in [2.75, 3.05) is 19.6 Å². The number of hydrogen-bond acceptors (Lipinski definition) is 2. The van der Waals surface area contributed by atoms with Crippen molar-refractivity contribution in [3.05, 3.63) is 47.5 Å². The number of allylic oxidation sites excluding steroid dienone is 1. The van der Waals surface area contributed by atoms with E-state index in [4.69, 9.17) is 0 Å². The van der Waals surface area contributed by atoms with Crippen LogP contribution in [0.2, 0.25) is 0 Å². The number of carbonyl (C=O) groups is 1. The topological polar surface area (TPSA) is 41.1 Å². The fourth-order valence-electron chi connectivity index (χ4n) is 2.79. The van der Waals surface area contributed by atoms with Gasteiger partial charge < -0.3 is 10.6 Å². The van der Waals surface area contributed by atoms with Crippen LogP contribution in [0.15, 0.2) is 42.0 Å². The highest BCUT2D eigenvalue weighted by molar-refractivity contribution is 5.76. The summed E-state index contributed by atoms with van der Waals surface area (Å²) in [6.07, 6.45) is 10.2. The molecule has 0 spiro atoms. The molecular weight excluding hydrogens is 272 g/mol. The molecule has 1 aliphatic rings. The molecule has 2 rings (SSSR count). The van der Waals surface area contributed by atoms with E-state index in [9.17, 15) is 4.79 Å². The number of benzene rings is 1. The van der Waals surface area contributed by atoms with Gasteiger partial charge in [-0.05, 0) is 50.6 Å². The van der Waals surface area contributed by atoms with E-state index >= 15 is 0 Å². The minimum Gasteiger partial charge on any atom is -0.356 e. The highest BCUT2D eigenvalue weighted by Gasteiger charge is 2.04. The van der Waals surface area contributed by atoms with Gasteiger partial charge in [0.05, 0.1) is 0 Å². The zero-order valence-electron chi connectivity index (χ0n) is 13.4. The molecule has 3 nitrogen and oxygen atoms in total. The van der Waals surface area contributed by atoms with Crippen LogP contribution in [0.3, 0.4) is 0 Å². The standard InChI is InChI=1S/C19H28N2O/c22-19(21-16-12-18-9-5-2-6-10-18)13-15-20-14-11-17-7-3-1-4-8-17/h2,5-7,9-10,20H,1,3-4,8,11-16H2,(H,21,22). The molecule has 120 valence electrons. The van der Waals surface area contributed by atoms with Gasteiger partial charge in [0.2, 0.25) is 5.91 Å². The minimum absolute atomic E-state index is 0.139. The Balaban J connectivity index is 1.46. The molecule has 1 aromatic carbocycles. The number of amides is 1. The number of carbonyl (C=O) groups excluding carboxylic acids is 1. The van der Waals surface area contributed by atoms with Crippen molar-refractivity contribution in [2.45, 2.75) is 44.9 Å². The fraction of sp³-hybridized carbons (Fsp3) is 0.526. The second kappa shape index (κ2) is 10.2. The van der Waals surface area contributed by atoms with Crippen LogP contribution < -0.4 is 10.6 Å². The zero-order chi connectivity index (χ0) is 15.5. The summed E-state index contributed by atoms with van der Waals surface area (Å²) in [7, 11) is 0. The maximum Gasteiger partial charge on any atom is 0.221 e. The van der Waals surface area contributed by atoms with Gasteiger partial charge in [0.15, 0.2) is 0 Å². The van der Waals surface area contributed by atoms with Gasteiger partial charge in [-0.1, -0.05) is 42.0 Å². The Hall–Kier alpha value is -1.61. The molecule has 0 fully saturated rings. The molecule has 0 heterocycles. The fourth-order valence-corrected chi connectivity index (χ4v) is 2.79. The molecule has 0 atom stereocenters.